The second kappa shape index (κ2) is 4.75. The molecule has 0 spiro atoms. The lowest BCUT2D eigenvalue weighted by atomic mass is 9.47. The zero-order valence-corrected chi connectivity index (χ0v) is 12.1. The molecular weight excluding hydrogens is 270 g/mol. The van der Waals surface area contributed by atoms with E-state index in [2.05, 4.69) is 5.43 Å². The molecule has 1 atom stereocenters. The number of rotatable bonds is 3. The summed E-state index contributed by atoms with van der Waals surface area (Å²) in [4.78, 5) is 0. The van der Waals surface area contributed by atoms with Gasteiger partial charge in [0.1, 0.15) is 11.6 Å². The molecule has 0 aliphatic heterocycles. The van der Waals surface area contributed by atoms with Crippen LogP contribution in [0.4, 0.5) is 8.78 Å². The number of hydrazine groups is 1. The van der Waals surface area contributed by atoms with E-state index in [0.29, 0.717) is 5.56 Å². The Morgan fingerprint density at radius 2 is 1.62 bits per heavy atom. The lowest BCUT2D eigenvalue weighted by Gasteiger charge is -2.59. The maximum atomic E-state index is 14.2. The monoisotopic (exact) mass is 292 g/mol. The minimum absolute atomic E-state index is 0.0577. The van der Waals surface area contributed by atoms with E-state index in [-0.39, 0.29) is 11.5 Å². The zero-order chi connectivity index (χ0) is 14.6. The van der Waals surface area contributed by atoms with E-state index < -0.39 is 11.6 Å². The predicted molar refractivity (Wildman–Crippen MR) is 77.0 cm³/mol. The molecule has 0 heterocycles. The maximum absolute atomic E-state index is 14.2. The van der Waals surface area contributed by atoms with E-state index >= 15 is 0 Å². The molecule has 21 heavy (non-hydrogen) atoms. The van der Waals surface area contributed by atoms with Crippen molar-refractivity contribution in [1.82, 2.24) is 5.43 Å². The van der Waals surface area contributed by atoms with Crippen molar-refractivity contribution in [2.45, 2.75) is 44.6 Å². The number of hydrogen-bond donors (Lipinski definition) is 2. The minimum Gasteiger partial charge on any atom is -0.271 e. The molecule has 4 fully saturated rings. The highest BCUT2D eigenvalue weighted by Gasteiger charge is 2.54. The maximum Gasteiger partial charge on any atom is 0.130 e. The highest BCUT2D eigenvalue weighted by Crippen LogP contribution is 2.64. The van der Waals surface area contributed by atoms with Crippen LogP contribution >= 0.6 is 0 Å². The smallest absolute Gasteiger partial charge is 0.130 e. The first-order chi connectivity index (χ1) is 10.1. The van der Waals surface area contributed by atoms with Gasteiger partial charge in [0.05, 0.1) is 6.04 Å². The lowest BCUT2D eigenvalue weighted by molar-refractivity contribution is -0.0755. The van der Waals surface area contributed by atoms with E-state index in [1.807, 2.05) is 0 Å². The van der Waals surface area contributed by atoms with Crippen molar-refractivity contribution in [2.75, 3.05) is 0 Å². The Bertz CT molecular complexity index is 522. The molecule has 4 aliphatic carbocycles. The van der Waals surface area contributed by atoms with Gasteiger partial charge in [0, 0.05) is 11.6 Å². The van der Waals surface area contributed by atoms with E-state index in [1.54, 1.807) is 6.07 Å². The first kappa shape index (κ1) is 13.6. The average Bonchev–Trinajstić information content (AvgIpc) is 2.40. The van der Waals surface area contributed by atoms with Crippen LogP contribution in [0.25, 0.3) is 0 Å². The fourth-order valence-corrected chi connectivity index (χ4v) is 5.86. The van der Waals surface area contributed by atoms with E-state index in [1.165, 1.54) is 25.3 Å². The number of halogens is 2. The normalized spacial score (nSPS) is 38.7. The Morgan fingerprint density at radius 1 is 1.05 bits per heavy atom. The van der Waals surface area contributed by atoms with E-state index in [4.69, 9.17) is 5.84 Å². The minimum atomic E-state index is -0.530. The molecule has 1 aromatic rings. The quantitative estimate of drug-likeness (QED) is 0.659. The SMILES string of the molecule is NNC(c1ccc(F)cc1F)C12CC3CC(CC(C3)C1)C2. The summed E-state index contributed by atoms with van der Waals surface area (Å²) in [7, 11) is 0. The number of benzene rings is 1. The highest BCUT2D eigenvalue weighted by atomic mass is 19.1. The van der Waals surface area contributed by atoms with Crippen molar-refractivity contribution in [2.24, 2.45) is 29.0 Å². The molecule has 0 aromatic heterocycles. The van der Waals surface area contributed by atoms with Crippen LogP contribution in [-0.2, 0) is 0 Å². The van der Waals surface area contributed by atoms with Gasteiger partial charge >= 0.3 is 0 Å². The molecule has 1 unspecified atom stereocenters. The summed E-state index contributed by atoms with van der Waals surface area (Å²) in [5.74, 6) is 7.14. The zero-order valence-electron chi connectivity index (χ0n) is 12.1. The van der Waals surface area contributed by atoms with E-state index in [9.17, 15) is 8.78 Å². The Labute approximate surface area is 124 Å². The molecule has 114 valence electrons. The first-order valence-corrected chi connectivity index (χ1v) is 8.01. The third kappa shape index (κ3) is 2.11. The third-order valence-electron chi connectivity index (χ3n) is 6.14. The molecule has 4 bridgehead atoms. The molecule has 0 amide bonds. The van der Waals surface area contributed by atoms with Crippen LogP contribution in [0, 0.1) is 34.8 Å². The van der Waals surface area contributed by atoms with Gasteiger partial charge in [-0.3, -0.25) is 11.3 Å². The highest BCUT2D eigenvalue weighted by molar-refractivity contribution is 5.26. The molecule has 3 N–H and O–H groups in total. The molecule has 2 nitrogen and oxygen atoms in total. The summed E-state index contributed by atoms with van der Waals surface area (Å²) >= 11 is 0. The van der Waals surface area contributed by atoms with Gasteiger partial charge in [0.25, 0.3) is 0 Å². The topological polar surface area (TPSA) is 38.0 Å². The van der Waals surface area contributed by atoms with Gasteiger partial charge in [0.2, 0.25) is 0 Å². The fraction of sp³-hybridized carbons (Fsp3) is 0.647. The largest absolute Gasteiger partial charge is 0.271 e. The van der Waals surface area contributed by atoms with Crippen LogP contribution in [0.2, 0.25) is 0 Å². The van der Waals surface area contributed by atoms with Gasteiger partial charge in [-0.1, -0.05) is 6.07 Å². The number of hydrogen-bond acceptors (Lipinski definition) is 2. The predicted octanol–water partition coefficient (Wildman–Crippen LogP) is 3.69. The van der Waals surface area contributed by atoms with Crippen LogP contribution < -0.4 is 11.3 Å². The first-order valence-electron chi connectivity index (χ1n) is 8.01. The Balaban J connectivity index is 1.72. The summed E-state index contributed by atoms with van der Waals surface area (Å²) in [6.45, 7) is 0. The Kier molecular flexibility index (Phi) is 3.09. The van der Waals surface area contributed by atoms with Crippen molar-refractivity contribution in [3.05, 3.63) is 35.4 Å². The fourth-order valence-electron chi connectivity index (χ4n) is 5.86. The van der Waals surface area contributed by atoms with Crippen molar-refractivity contribution >= 4 is 0 Å². The summed E-state index contributed by atoms with van der Waals surface area (Å²) in [6, 6.07) is 3.67. The standard InChI is InChI=1S/C17H22F2N2/c18-13-1-2-14(15(19)6-13)16(21-20)17-7-10-3-11(8-17)5-12(4-10)9-17/h1-2,6,10-12,16,21H,3-5,7-9,20H2. The molecule has 1 aromatic carbocycles. The molecule has 4 aliphatic rings. The van der Waals surface area contributed by atoms with Gasteiger partial charge in [0.15, 0.2) is 0 Å². The molecule has 4 saturated carbocycles. The van der Waals surface area contributed by atoms with Crippen molar-refractivity contribution < 1.29 is 8.78 Å². The molecule has 0 radical (unpaired) electrons. The van der Waals surface area contributed by atoms with E-state index in [0.717, 1.165) is 43.1 Å². The second-order valence-electron chi connectivity index (χ2n) is 7.55. The number of nitrogens with two attached hydrogens (primary N) is 1. The van der Waals surface area contributed by atoms with Crippen LogP contribution in [0.3, 0.4) is 0 Å². The number of nitrogens with one attached hydrogen (secondary N) is 1. The summed E-state index contributed by atoms with van der Waals surface area (Å²) in [6.07, 6.45) is 7.40. The molecule has 4 heteroatoms. The summed E-state index contributed by atoms with van der Waals surface area (Å²) in [5, 5.41) is 0. The summed E-state index contributed by atoms with van der Waals surface area (Å²) < 4.78 is 27.4. The second-order valence-corrected chi connectivity index (χ2v) is 7.55. The molecular formula is C17H22F2N2. The van der Waals surface area contributed by atoms with Crippen LogP contribution in [0.1, 0.15) is 50.1 Å². The van der Waals surface area contributed by atoms with Crippen LogP contribution in [0.15, 0.2) is 18.2 Å². The van der Waals surface area contributed by atoms with Gasteiger partial charge in [-0.05, 0) is 67.8 Å². The van der Waals surface area contributed by atoms with Gasteiger partial charge in [-0.15, -0.1) is 0 Å². The lowest BCUT2D eigenvalue weighted by Crippen LogP contribution is -2.53. The Hall–Kier alpha value is -1.00. The molecule has 0 saturated heterocycles. The van der Waals surface area contributed by atoms with Gasteiger partial charge < -0.3 is 0 Å². The van der Waals surface area contributed by atoms with Crippen molar-refractivity contribution in [3.8, 4) is 0 Å². The van der Waals surface area contributed by atoms with Gasteiger partial charge in [-0.25, -0.2) is 8.78 Å². The third-order valence-corrected chi connectivity index (χ3v) is 6.14. The van der Waals surface area contributed by atoms with Crippen molar-refractivity contribution in [1.29, 1.82) is 0 Å². The van der Waals surface area contributed by atoms with Crippen LogP contribution in [0.5, 0.6) is 0 Å². The summed E-state index contributed by atoms with van der Waals surface area (Å²) in [5.41, 5.74) is 3.46. The Morgan fingerprint density at radius 3 is 2.10 bits per heavy atom. The van der Waals surface area contributed by atoms with Crippen LogP contribution in [-0.4, -0.2) is 0 Å². The van der Waals surface area contributed by atoms with Gasteiger partial charge in [-0.2, -0.15) is 0 Å². The van der Waals surface area contributed by atoms with Crippen molar-refractivity contribution in [3.63, 3.8) is 0 Å². The molecule has 5 rings (SSSR count). The average molecular weight is 292 g/mol.